The first-order chi connectivity index (χ1) is 12.1. The van der Waals surface area contributed by atoms with Gasteiger partial charge in [0.05, 0.1) is 23.9 Å². The number of nitrogens with one attached hydrogen (secondary N) is 2. The number of ether oxygens (including phenoxy) is 1. The molecule has 25 heavy (non-hydrogen) atoms. The number of fused-ring (bicyclic) bond motifs is 1. The Labute approximate surface area is 152 Å². The summed E-state index contributed by atoms with van der Waals surface area (Å²) in [6, 6.07) is 11.2. The van der Waals surface area contributed by atoms with Crippen molar-refractivity contribution >= 4 is 46.6 Å². The fourth-order valence-electron chi connectivity index (χ4n) is 2.23. The fourth-order valence-corrected chi connectivity index (χ4v) is 3.97. The number of hydrogen-bond acceptors (Lipinski definition) is 6. The van der Waals surface area contributed by atoms with Gasteiger partial charge in [-0.25, -0.2) is 0 Å². The Bertz CT molecular complexity index is 777. The van der Waals surface area contributed by atoms with Crippen LogP contribution in [-0.2, 0) is 25.7 Å². The summed E-state index contributed by atoms with van der Waals surface area (Å²) >= 11 is 2.86. The average molecular weight is 376 g/mol. The van der Waals surface area contributed by atoms with Crippen LogP contribution in [0.2, 0.25) is 0 Å². The number of rotatable bonds is 6. The highest BCUT2D eigenvalue weighted by Gasteiger charge is 2.29. The fraction of sp³-hybridized carbons (Fsp3) is 0.235. The number of carbonyl (C=O) groups is 3. The molecule has 0 spiro atoms. The van der Waals surface area contributed by atoms with Crippen LogP contribution in [-0.4, -0.2) is 29.6 Å². The van der Waals surface area contributed by atoms with Gasteiger partial charge in [0.15, 0.2) is 6.61 Å². The van der Waals surface area contributed by atoms with Gasteiger partial charge in [-0.3, -0.25) is 14.4 Å². The molecular weight excluding hydrogens is 360 g/mol. The van der Waals surface area contributed by atoms with Gasteiger partial charge in [0.1, 0.15) is 0 Å². The van der Waals surface area contributed by atoms with E-state index in [1.54, 1.807) is 0 Å². The summed E-state index contributed by atoms with van der Waals surface area (Å²) < 4.78 is 4.97. The van der Waals surface area contributed by atoms with Crippen LogP contribution in [0, 0.1) is 0 Å². The molecule has 1 aromatic carbocycles. The van der Waals surface area contributed by atoms with E-state index >= 15 is 0 Å². The second kappa shape index (κ2) is 8.17. The summed E-state index contributed by atoms with van der Waals surface area (Å²) in [4.78, 5) is 37.6. The number of carbonyl (C=O) groups excluding carboxylic acids is 3. The van der Waals surface area contributed by atoms with E-state index < -0.39 is 11.2 Å². The predicted molar refractivity (Wildman–Crippen MR) is 96.5 cm³/mol. The second-order valence-electron chi connectivity index (χ2n) is 5.31. The van der Waals surface area contributed by atoms with Gasteiger partial charge in [0.2, 0.25) is 5.91 Å². The molecule has 0 radical (unpaired) electrons. The minimum atomic E-state index is -0.571. The molecule has 1 aliphatic rings. The van der Waals surface area contributed by atoms with Gasteiger partial charge >= 0.3 is 5.97 Å². The van der Waals surface area contributed by atoms with E-state index in [0.29, 0.717) is 6.54 Å². The first kappa shape index (κ1) is 17.5. The molecule has 0 fully saturated rings. The van der Waals surface area contributed by atoms with Gasteiger partial charge < -0.3 is 15.4 Å². The van der Waals surface area contributed by atoms with Crippen LogP contribution in [0.4, 0.5) is 5.69 Å². The maximum atomic E-state index is 12.0. The van der Waals surface area contributed by atoms with Crippen molar-refractivity contribution in [1.82, 2.24) is 5.32 Å². The maximum Gasteiger partial charge on any atom is 0.307 e. The van der Waals surface area contributed by atoms with Crippen molar-refractivity contribution in [3.63, 3.8) is 0 Å². The van der Waals surface area contributed by atoms with Crippen LogP contribution < -0.4 is 10.6 Å². The normalized spacial score (nSPS) is 15.8. The summed E-state index contributed by atoms with van der Waals surface area (Å²) in [5.41, 5.74) is 0.745. The monoisotopic (exact) mass is 376 g/mol. The van der Waals surface area contributed by atoms with Crippen molar-refractivity contribution in [2.24, 2.45) is 0 Å². The SMILES string of the molecule is O=C(COC(=O)C[C@@H]1Sc2ccccc2NC1=O)NCc1cccs1. The summed E-state index contributed by atoms with van der Waals surface area (Å²) in [6.07, 6.45) is -0.0803. The largest absolute Gasteiger partial charge is 0.456 e. The van der Waals surface area contributed by atoms with Crippen LogP contribution in [0.15, 0.2) is 46.7 Å². The Morgan fingerprint density at radius 3 is 2.84 bits per heavy atom. The molecule has 2 amide bonds. The van der Waals surface area contributed by atoms with Crippen molar-refractivity contribution in [2.45, 2.75) is 23.1 Å². The Balaban J connectivity index is 1.43. The van der Waals surface area contributed by atoms with E-state index in [0.717, 1.165) is 15.5 Å². The smallest absolute Gasteiger partial charge is 0.307 e. The number of benzene rings is 1. The van der Waals surface area contributed by atoms with Crippen molar-refractivity contribution in [2.75, 3.05) is 11.9 Å². The molecule has 8 heteroatoms. The quantitative estimate of drug-likeness (QED) is 0.757. The van der Waals surface area contributed by atoms with Crippen LogP contribution >= 0.6 is 23.1 Å². The molecule has 2 heterocycles. The van der Waals surface area contributed by atoms with Gasteiger partial charge in [-0.15, -0.1) is 23.1 Å². The lowest BCUT2D eigenvalue weighted by Crippen LogP contribution is -2.33. The number of thioether (sulfide) groups is 1. The molecule has 0 saturated heterocycles. The molecule has 0 unspecified atom stereocenters. The first-order valence-corrected chi connectivity index (χ1v) is 9.39. The zero-order valence-corrected chi connectivity index (χ0v) is 14.8. The Morgan fingerprint density at radius 1 is 1.20 bits per heavy atom. The molecule has 0 aliphatic carbocycles. The summed E-state index contributed by atoms with van der Waals surface area (Å²) in [5.74, 6) is -1.17. The first-order valence-electron chi connectivity index (χ1n) is 7.63. The lowest BCUT2D eigenvalue weighted by Gasteiger charge is -2.23. The lowest BCUT2D eigenvalue weighted by molar-refractivity contribution is -0.149. The number of thiophene rings is 1. The number of para-hydroxylation sites is 1. The van der Waals surface area contributed by atoms with Crippen LogP contribution in [0.25, 0.3) is 0 Å². The minimum absolute atomic E-state index is 0.0803. The predicted octanol–water partition coefficient (Wildman–Crippen LogP) is 2.41. The molecule has 1 aliphatic heterocycles. The molecule has 0 bridgehead atoms. The molecule has 2 aromatic rings. The molecule has 1 aromatic heterocycles. The molecule has 2 N–H and O–H groups in total. The van der Waals surface area contributed by atoms with E-state index in [2.05, 4.69) is 10.6 Å². The van der Waals surface area contributed by atoms with Gasteiger partial charge in [0.25, 0.3) is 5.91 Å². The topological polar surface area (TPSA) is 84.5 Å². The highest BCUT2D eigenvalue weighted by molar-refractivity contribution is 8.01. The number of esters is 1. The minimum Gasteiger partial charge on any atom is -0.456 e. The van der Waals surface area contributed by atoms with E-state index in [1.807, 2.05) is 41.8 Å². The third-order valence-corrected chi connectivity index (χ3v) is 5.61. The molecule has 130 valence electrons. The molecule has 6 nitrogen and oxygen atoms in total. The van der Waals surface area contributed by atoms with Crippen molar-refractivity contribution in [3.8, 4) is 0 Å². The number of amides is 2. The molecule has 1 atom stereocenters. The zero-order chi connectivity index (χ0) is 17.6. The van der Waals surface area contributed by atoms with Gasteiger partial charge in [-0.1, -0.05) is 18.2 Å². The molecular formula is C17H16N2O4S2. The Hall–Kier alpha value is -2.32. The second-order valence-corrected chi connectivity index (χ2v) is 7.59. The van der Waals surface area contributed by atoms with E-state index in [1.165, 1.54) is 23.1 Å². The average Bonchev–Trinajstić information content (AvgIpc) is 3.12. The van der Waals surface area contributed by atoms with Crippen LogP contribution in [0.3, 0.4) is 0 Å². The van der Waals surface area contributed by atoms with Crippen molar-refractivity contribution in [1.29, 1.82) is 0 Å². The van der Waals surface area contributed by atoms with Gasteiger partial charge in [-0.2, -0.15) is 0 Å². The lowest BCUT2D eigenvalue weighted by atomic mass is 10.2. The van der Waals surface area contributed by atoms with E-state index in [4.69, 9.17) is 4.74 Å². The van der Waals surface area contributed by atoms with Crippen LogP contribution in [0.1, 0.15) is 11.3 Å². The molecule has 3 rings (SSSR count). The third kappa shape index (κ3) is 4.83. The maximum absolute atomic E-state index is 12.0. The van der Waals surface area contributed by atoms with Crippen LogP contribution in [0.5, 0.6) is 0 Å². The third-order valence-electron chi connectivity index (χ3n) is 3.46. The van der Waals surface area contributed by atoms with Crippen molar-refractivity contribution in [3.05, 3.63) is 46.7 Å². The number of anilines is 1. The summed E-state index contributed by atoms with van der Waals surface area (Å²) in [6.45, 7) is 0.0610. The molecule has 0 saturated carbocycles. The Morgan fingerprint density at radius 2 is 2.04 bits per heavy atom. The standard InChI is InChI=1S/C17H16N2O4S2/c20-15(18-9-11-4-3-7-24-11)10-23-16(21)8-14-17(22)19-12-5-1-2-6-13(12)25-14/h1-7,14H,8-10H2,(H,18,20)(H,19,22)/t14-/m0/s1. The van der Waals surface area contributed by atoms with Gasteiger partial charge in [0, 0.05) is 9.77 Å². The van der Waals surface area contributed by atoms with Gasteiger partial charge in [-0.05, 0) is 23.6 Å². The highest BCUT2D eigenvalue weighted by Crippen LogP contribution is 2.36. The zero-order valence-electron chi connectivity index (χ0n) is 13.2. The van der Waals surface area contributed by atoms with E-state index in [9.17, 15) is 14.4 Å². The Kier molecular flexibility index (Phi) is 5.72. The van der Waals surface area contributed by atoms with E-state index in [-0.39, 0.29) is 24.8 Å². The summed E-state index contributed by atoms with van der Waals surface area (Å²) in [5, 5.41) is 6.81. The summed E-state index contributed by atoms with van der Waals surface area (Å²) in [7, 11) is 0. The number of hydrogen-bond donors (Lipinski definition) is 2. The van der Waals surface area contributed by atoms with Crippen molar-refractivity contribution < 1.29 is 19.1 Å². The highest BCUT2D eigenvalue weighted by atomic mass is 32.2.